The van der Waals surface area contributed by atoms with Gasteiger partial charge in [0.25, 0.3) is 0 Å². The van der Waals surface area contributed by atoms with Gasteiger partial charge in [-0.3, -0.25) is 0 Å². The van der Waals surface area contributed by atoms with Crippen molar-refractivity contribution in [1.82, 2.24) is 10.2 Å². The second kappa shape index (κ2) is 6.49. The van der Waals surface area contributed by atoms with Crippen LogP contribution in [0, 0.1) is 0 Å². The molecule has 1 aromatic carbocycles. The molecular weight excluding hydrogens is 310 g/mol. The lowest BCUT2D eigenvalue weighted by atomic mass is 10.3. The first-order chi connectivity index (χ1) is 10.3. The molecule has 1 atom stereocenters. The summed E-state index contributed by atoms with van der Waals surface area (Å²) >= 11 is 7.22. The van der Waals surface area contributed by atoms with E-state index in [0.29, 0.717) is 11.1 Å². The Bertz CT molecular complexity index is 607. The van der Waals surface area contributed by atoms with Crippen LogP contribution < -0.4 is 14.4 Å². The van der Waals surface area contributed by atoms with E-state index in [4.69, 9.17) is 21.1 Å². The number of para-hydroxylation sites is 2. The number of rotatable bonds is 5. The summed E-state index contributed by atoms with van der Waals surface area (Å²) < 4.78 is 12.1. The smallest absolute Gasteiger partial charge is 0.209 e. The largest absolute Gasteiger partial charge is 0.490 e. The van der Waals surface area contributed by atoms with E-state index in [1.54, 1.807) is 0 Å². The van der Waals surface area contributed by atoms with Gasteiger partial charge >= 0.3 is 0 Å². The van der Waals surface area contributed by atoms with Gasteiger partial charge in [0.2, 0.25) is 9.60 Å². The number of nitrogens with zero attached hydrogens (tertiary/aromatic N) is 3. The number of halogens is 1. The van der Waals surface area contributed by atoms with Crippen molar-refractivity contribution in [2.24, 2.45) is 0 Å². The lowest BCUT2D eigenvalue weighted by Crippen LogP contribution is -2.24. The van der Waals surface area contributed by atoms with Gasteiger partial charge in [-0.25, -0.2) is 0 Å². The third-order valence-corrected chi connectivity index (χ3v) is 4.33. The molecule has 0 amide bonds. The Hall–Kier alpha value is -1.53. The van der Waals surface area contributed by atoms with Gasteiger partial charge in [-0.05, 0) is 30.7 Å². The van der Waals surface area contributed by atoms with Gasteiger partial charge in [0.15, 0.2) is 11.5 Å². The van der Waals surface area contributed by atoms with Crippen LogP contribution in [0.15, 0.2) is 24.3 Å². The molecule has 0 spiro atoms. The van der Waals surface area contributed by atoms with Crippen LogP contribution in [0.1, 0.15) is 13.3 Å². The molecule has 1 unspecified atom stereocenters. The van der Waals surface area contributed by atoms with E-state index in [1.165, 1.54) is 11.3 Å². The van der Waals surface area contributed by atoms with Gasteiger partial charge in [0, 0.05) is 13.0 Å². The monoisotopic (exact) mass is 325 g/mol. The molecule has 2 heterocycles. The van der Waals surface area contributed by atoms with Crippen LogP contribution in [0.4, 0.5) is 5.13 Å². The highest BCUT2D eigenvalue weighted by Gasteiger charge is 2.27. The number of aromatic nitrogens is 2. The molecule has 0 N–H and O–H groups in total. The molecule has 1 aliphatic rings. The third-order valence-electron chi connectivity index (χ3n) is 3.25. The molecule has 0 bridgehead atoms. The van der Waals surface area contributed by atoms with Gasteiger partial charge in [-0.1, -0.05) is 23.5 Å². The van der Waals surface area contributed by atoms with Crippen molar-refractivity contribution in [2.45, 2.75) is 19.4 Å². The molecule has 1 aromatic heterocycles. The Morgan fingerprint density at radius 1 is 1.33 bits per heavy atom. The van der Waals surface area contributed by atoms with Gasteiger partial charge in [0.05, 0.1) is 13.2 Å². The number of ether oxygens (including phenoxy) is 2. The third kappa shape index (κ3) is 3.39. The molecule has 2 aromatic rings. The second-order valence-electron chi connectivity index (χ2n) is 4.69. The van der Waals surface area contributed by atoms with E-state index < -0.39 is 0 Å². The first kappa shape index (κ1) is 14.4. The average molecular weight is 326 g/mol. The molecule has 3 rings (SSSR count). The molecule has 7 heteroatoms. The van der Waals surface area contributed by atoms with Crippen LogP contribution in [0.3, 0.4) is 0 Å². The number of hydrogen-bond acceptors (Lipinski definition) is 6. The summed E-state index contributed by atoms with van der Waals surface area (Å²) in [7, 11) is 0. The predicted octanol–water partition coefficient (Wildman–Crippen LogP) is 3.25. The van der Waals surface area contributed by atoms with Crippen molar-refractivity contribution >= 4 is 28.1 Å². The molecular formula is C14H16ClN3O2S. The van der Waals surface area contributed by atoms with E-state index in [0.717, 1.165) is 36.1 Å². The van der Waals surface area contributed by atoms with Crippen LogP contribution in [-0.2, 0) is 0 Å². The molecule has 1 saturated heterocycles. The lowest BCUT2D eigenvalue weighted by Gasteiger charge is -2.17. The minimum absolute atomic E-state index is 0.120. The fourth-order valence-corrected chi connectivity index (χ4v) is 3.18. The molecule has 5 nitrogen and oxygen atoms in total. The standard InChI is InChI=1S/C14H16ClN3O2S/c1-2-19-11-5-3-4-6-12(11)20-10-7-8-18(9-10)14-17-16-13(15)21-14/h3-6,10H,2,7-9H2,1H3. The fourth-order valence-electron chi connectivity index (χ4n) is 2.33. The van der Waals surface area contributed by atoms with Crippen molar-refractivity contribution in [3.8, 4) is 11.5 Å². The van der Waals surface area contributed by atoms with E-state index in [-0.39, 0.29) is 6.10 Å². The molecule has 0 aliphatic carbocycles. The lowest BCUT2D eigenvalue weighted by molar-refractivity contribution is 0.209. The van der Waals surface area contributed by atoms with E-state index >= 15 is 0 Å². The number of hydrogen-bond donors (Lipinski definition) is 0. The zero-order chi connectivity index (χ0) is 14.7. The Kier molecular flexibility index (Phi) is 4.45. The molecule has 112 valence electrons. The normalized spacial score (nSPS) is 18.0. The minimum atomic E-state index is 0.120. The zero-order valence-corrected chi connectivity index (χ0v) is 13.2. The minimum Gasteiger partial charge on any atom is -0.490 e. The van der Waals surface area contributed by atoms with Crippen molar-refractivity contribution in [3.05, 3.63) is 28.7 Å². The van der Waals surface area contributed by atoms with Gasteiger partial charge in [-0.15, -0.1) is 10.2 Å². The first-order valence-electron chi connectivity index (χ1n) is 6.88. The van der Waals surface area contributed by atoms with Crippen LogP contribution in [-0.4, -0.2) is 36.0 Å². The maximum atomic E-state index is 6.07. The van der Waals surface area contributed by atoms with Crippen molar-refractivity contribution < 1.29 is 9.47 Å². The SMILES string of the molecule is CCOc1ccccc1OC1CCN(c2nnc(Cl)s2)C1. The summed E-state index contributed by atoms with van der Waals surface area (Å²) in [5.41, 5.74) is 0. The molecule has 1 fully saturated rings. The Labute approximate surface area is 132 Å². The van der Waals surface area contributed by atoms with Crippen LogP contribution in [0.25, 0.3) is 0 Å². The summed E-state index contributed by atoms with van der Waals surface area (Å²) in [5.74, 6) is 1.58. The predicted molar refractivity (Wildman–Crippen MR) is 83.8 cm³/mol. The summed E-state index contributed by atoms with van der Waals surface area (Å²) in [5, 5.41) is 8.76. The molecule has 21 heavy (non-hydrogen) atoms. The van der Waals surface area contributed by atoms with Gasteiger partial charge in [0.1, 0.15) is 6.10 Å². The van der Waals surface area contributed by atoms with E-state index in [9.17, 15) is 0 Å². The number of anilines is 1. The number of benzene rings is 1. The van der Waals surface area contributed by atoms with Gasteiger partial charge < -0.3 is 14.4 Å². The second-order valence-corrected chi connectivity index (χ2v) is 6.23. The average Bonchev–Trinajstić information content (AvgIpc) is 3.10. The quantitative estimate of drug-likeness (QED) is 0.844. The van der Waals surface area contributed by atoms with Gasteiger partial charge in [-0.2, -0.15) is 0 Å². The molecule has 0 radical (unpaired) electrons. The van der Waals surface area contributed by atoms with Crippen LogP contribution >= 0.6 is 22.9 Å². The topological polar surface area (TPSA) is 47.5 Å². The highest BCUT2D eigenvalue weighted by atomic mass is 35.5. The highest BCUT2D eigenvalue weighted by molar-refractivity contribution is 7.19. The molecule has 1 aliphatic heterocycles. The Morgan fingerprint density at radius 3 is 2.86 bits per heavy atom. The van der Waals surface area contributed by atoms with Crippen molar-refractivity contribution in [2.75, 3.05) is 24.6 Å². The van der Waals surface area contributed by atoms with E-state index in [1.807, 2.05) is 31.2 Å². The first-order valence-corrected chi connectivity index (χ1v) is 8.08. The van der Waals surface area contributed by atoms with Crippen molar-refractivity contribution in [3.63, 3.8) is 0 Å². The maximum absolute atomic E-state index is 6.07. The maximum Gasteiger partial charge on any atom is 0.209 e. The summed E-state index contributed by atoms with van der Waals surface area (Å²) in [6.45, 7) is 4.27. The Morgan fingerprint density at radius 2 is 2.14 bits per heavy atom. The van der Waals surface area contributed by atoms with Crippen molar-refractivity contribution in [1.29, 1.82) is 0 Å². The summed E-state index contributed by atoms with van der Waals surface area (Å²) in [4.78, 5) is 2.15. The summed E-state index contributed by atoms with van der Waals surface area (Å²) in [6, 6.07) is 7.77. The molecule has 0 saturated carbocycles. The van der Waals surface area contributed by atoms with E-state index in [2.05, 4.69) is 15.1 Å². The Balaban J connectivity index is 1.65. The highest BCUT2D eigenvalue weighted by Crippen LogP contribution is 2.31. The zero-order valence-electron chi connectivity index (χ0n) is 11.7. The summed E-state index contributed by atoms with van der Waals surface area (Å²) in [6.07, 6.45) is 1.06. The van der Waals surface area contributed by atoms with Crippen LogP contribution in [0.5, 0.6) is 11.5 Å². The van der Waals surface area contributed by atoms with Crippen LogP contribution in [0.2, 0.25) is 4.47 Å². The fraction of sp³-hybridized carbons (Fsp3) is 0.429.